The van der Waals surface area contributed by atoms with Gasteiger partial charge in [-0.05, 0) is 24.6 Å². The van der Waals surface area contributed by atoms with Crippen molar-refractivity contribution in [3.63, 3.8) is 0 Å². The molecule has 2 aromatic carbocycles. The number of para-hydroxylation sites is 1. The number of nitrogens with zero attached hydrogens (tertiary/aromatic N) is 3. The van der Waals surface area contributed by atoms with E-state index in [1.54, 1.807) is 4.57 Å². The van der Waals surface area contributed by atoms with Crippen molar-refractivity contribution in [3.05, 3.63) is 70.5 Å². The lowest BCUT2D eigenvalue weighted by atomic mass is 10.1. The standard InChI is InChI=1S/C19H17N3OS/c1-14(15-8-3-2-4-9-15)22-18(23)16-10-5-6-11-17(16)21-19(22)24-13-7-12-20/h2-6,8-11,14H,7,13H2,1H3/t14-/m0/s1. The van der Waals surface area contributed by atoms with Crippen molar-refractivity contribution in [1.82, 2.24) is 9.55 Å². The van der Waals surface area contributed by atoms with E-state index in [9.17, 15) is 4.79 Å². The average Bonchev–Trinajstić information content (AvgIpc) is 2.62. The van der Waals surface area contributed by atoms with E-state index in [-0.39, 0.29) is 11.6 Å². The molecule has 0 saturated carbocycles. The third kappa shape index (κ3) is 3.19. The first kappa shape index (κ1) is 16.3. The van der Waals surface area contributed by atoms with Crippen LogP contribution >= 0.6 is 11.8 Å². The molecule has 120 valence electrons. The molecule has 0 aliphatic carbocycles. The monoisotopic (exact) mass is 335 g/mol. The van der Waals surface area contributed by atoms with Crippen molar-refractivity contribution in [3.8, 4) is 6.07 Å². The molecule has 0 amide bonds. The lowest BCUT2D eigenvalue weighted by Gasteiger charge is -2.19. The van der Waals surface area contributed by atoms with E-state index < -0.39 is 0 Å². The summed E-state index contributed by atoms with van der Waals surface area (Å²) in [4.78, 5) is 17.7. The van der Waals surface area contributed by atoms with Gasteiger partial charge < -0.3 is 0 Å². The van der Waals surface area contributed by atoms with Crippen LogP contribution in [0.15, 0.2) is 64.5 Å². The summed E-state index contributed by atoms with van der Waals surface area (Å²) < 4.78 is 1.74. The zero-order valence-electron chi connectivity index (χ0n) is 13.3. The van der Waals surface area contributed by atoms with Gasteiger partial charge in [-0.1, -0.05) is 54.2 Å². The first-order valence-corrected chi connectivity index (χ1v) is 8.77. The highest BCUT2D eigenvalue weighted by Gasteiger charge is 2.17. The zero-order valence-corrected chi connectivity index (χ0v) is 14.2. The van der Waals surface area contributed by atoms with Crippen LogP contribution in [0.3, 0.4) is 0 Å². The van der Waals surface area contributed by atoms with Crippen LogP contribution in [0.25, 0.3) is 10.9 Å². The van der Waals surface area contributed by atoms with Gasteiger partial charge in [0.1, 0.15) is 0 Å². The van der Waals surface area contributed by atoms with E-state index in [4.69, 9.17) is 5.26 Å². The molecule has 0 spiro atoms. The third-order valence-corrected chi connectivity index (χ3v) is 4.84. The molecule has 0 aliphatic heterocycles. The normalized spacial score (nSPS) is 12.0. The Bertz CT molecular complexity index is 944. The number of benzene rings is 2. The van der Waals surface area contributed by atoms with E-state index in [1.165, 1.54) is 11.8 Å². The molecule has 0 saturated heterocycles. The van der Waals surface area contributed by atoms with Crippen LogP contribution in [0.4, 0.5) is 0 Å². The van der Waals surface area contributed by atoms with Crippen LogP contribution in [0.1, 0.15) is 24.9 Å². The van der Waals surface area contributed by atoms with Gasteiger partial charge in [0.25, 0.3) is 5.56 Å². The molecular weight excluding hydrogens is 318 g/mol. The Morgan fingerprint density at radius 1 is 1.17 bits per heavy atom. The number of nitriles is 1. The van der Waals surface area contributed by atoms with Crippen LogP contribution in [0.2, 0.25) is 0 Å². The first-order valence-electron chi connectivity index (χ1n) is 7.78. The highest BCUT2D eigenvalue weighted by molar-refractivity contribution is 7.99. The molecule has 0 N–H and O–H groups in total. The molecule has 0 aliphatic rings. The van der Waals surface area contributed by atoms with E-state index in [1.807, 2.05) is 61.5 Å². The van der Waals surface area contributed by atoms with Crippen molar-refractivity contribution in [2.75, 3.05) is 5.75 Å². The minimum atomic E-state index is -0.125. The summed E-state index contributed by atoms with van der Waals surface area (Å²) in [5.41, 5.74) is 1.70. The fourth-order valence-electron chi connectivity index (χ4n) is 2.64. The van der Waals surface area contributed by atoms with Gasteiger partial charge in [0, 0.05) is 12.2 Å². The summed E-state index contributed by atoms with van der Waals surface area (Å²) in [5.74, 6) is 0.614. The largest absolute Gasteiger partial charge is 0.280 e. The number of aromatic nitrogens is 2. The molecule has 0 fully saturated rings. The molecule has 24 heavy (non-hydrogen) atoms. The summed E-state index contributed by atoms with van der Waals surface area (Å²) in [7, 11) is 0. The molecule has 0 unspecified atom stereocenters. The Morgan fingerprint density at radius 2 is 1.88 bits per heavy atom. The maximum atomic E-state index is 13.0. The number of hydrogen-bond acceptors (Lipinski definition) is 4. The minimum absolute atomic E-state index is 0.0450. The van der Waals surface area contributed by atoms with Crippen molar-refractivity contribution in [1.29, 1.82) is 5.26 Å². The highest BCUT2D eigenvalue weighted by atomic mass is 32.2. The van der Waals surface area contributed by atoms with Gasteiger partial charge in [0.2, 0.25) is 0 Å². The first-order chi connectivity index (χ1) is 11.7. The maximum Gasteiger partial charge on any atom is 0.262 e. The van der Waals surface area contributed by atoms with Gasteiger partial charge in [-0.15, -0.1) is 0 Å². The van der Waals surface area contributed by atoms with Crippen molar-refractivity contribution in [2.24, 2.45) is 0 Å². The molecule has 1 atom stereocenters. The fourth-order valence-corrected chi connectivity index (χ4v) is 3.56. The SMILES string of the molecule is C[C@@H](c1ccccc1)n1c(SCCC#N)nc2ccccc2c1=O. The van der Waals surface area contributed by atoms with Crippen LogP contribution in [0.5, 0.6) is 0 Å². The summed E-state index contributed by atoms with van der Waals surface area (Å²) >= 11 is 1.45. The summed E-state index contributed by atoms with van der Waals surface area (Å²) in [6.07, 6.45) is 0.424. The van der Waals surface area contributed by atoms with E-state index in [2.05, 4.69) is 11.1 Å². The van der Waals surface area contributed by atoms with E-state index in [0.29, 0.717) is 28.2 Å². The van der Waals surface area contributed by atoms with Gasteiger partial charge in [0.05, 0.1) is 23.0 Å². The second kappa shape index (κ2) is 7.33. The molecule has 5 heteroatoms. The number of rotatable bonds is 5. The predicted molar refractivity (Wildman–Crippen MR) is 97.2 cm³/mol. The lowest BCUT2D eigenvalue weighted by Crippen LogP contribution is -2.27. The zero-order chi connectivity index (χ0) is 16.9. The van der Waals surface area contributed by atoms with Gasteiger partial charge in [-0.2, -0.15) is 5.26 Å². The van der Waals surface area contributed by atoms with Crippen molar-refractivity contribution >= 4 is 22.7 Å². The van der Waals surface area contributed by atoms with Gasteiger partial charge in [-0.25, -0.2) is 4.98 Å². The van der Waals surface area contributed by atoms with E-state index in [0.717, 1.165) is 5.56 Å². The molecule has 4 nitrogen and oxygen atoms in total. The third-order valence-electron chi connectivity index (χ3n) is 3.89. The molecule has 0 radical (unpaired) electrons. The quantitative estimate of drug-likeness (QED) is 0.401. The average molecular weight is 335 g/mol. The smallest absolute Gasteiger partial charge is 0.262 e. The Labute approximate surface area is 144 Å². The summed E-state index contributed by atoms with van der Waals surface area (Å²) in [6.45, 7) is 2.00. The molecular formula is C19H17N3OS. The van der Waals surface area contributed by atoms with Gasteiger partial charge in [-0.3, -0.25) is 9.36 Å². The second-order valence-electron chi connectivity index (χ2n) is 5.43. The Kier molecular flexibility index (Phi) is 4.97. The Morgan fingerprint density at radius 3 is 2.62 bits per heavy atom. The van der Waals surface area contributed by atoms with Crippen molar-refractivity contribution in [2.45, 2.75) is 24.5 Å². The Balaban J connectivity index is 2.16. The molecule has 3 rings (SSSR count). The van der Waals surface area contributed by atoms with Crippen LogP contribution in [-0.2, 0) is 0 Å². The lowest BCUT2D eigenvalue weighted by molar-refractivity contribution is 0.549. The molecule has 3 aromatic rings. The number of fused-ring (bicyclic) bond motifs is 1. The van der Waals surface area contributed by atoms with Crippen LogP contribution in [-0.4, -0.2) is 15.3 Å². The Hall–Kier alpha value is -2.58. The minimum Gasteiger partial charge on any atom is -0.280 e. The highest BCUT2D eigenvalue weighted by Crippen LogP contribution is 2.25. The van der Waals surface area contributed by atoms with Gasteiger partial charge in [0.15, 0.2) is 5.16 Å². The number of hydrogen-bond donors (Lipinski definition) is 0. The van der Waals surface area contributed by atoms with Crippen LogP contribution < -0.4 is 5.56 Å². The van der Waals surface area contributed by atoms with Gasteiger partial charge >= 0.3 is 0 Å². The maximum absolute atomic E-state index is 13.0. The predicted octanol–water partition coefficient (Wildman–Crippen LogP) is 4.01. The van der Waals surface area contributed by atoms with Crippen molar-refractivity contribution < 1.29 is 0 Å². The molecule has 1 heterocycles. The molecule has 1 aromatic heterocycles. The second-order valence-corrected chi connectivity index (χ2v) is 6.49. The fraction of sp³-hybridized carbons (Fsp3) is 0.211. The van der Waals surface area contributed by atoms with E-state index >= 15 is 0 Å². The summed E-state index contributed by atoms with van der Waals surface area (Å²) in [5, 5.41) is 10.0. The topological polar surface area (TPSA) is 58.7 Å². The van der Waals surface area contributed by atoms with Crippen LogP contribution in [0, 0.1) is 11.3 Å². The number of thioether (sulfide) groups is 1. The summed E-state index contributed by atoms with van der Waals surface area (Å²) in [6, 6.07) is 19.3. The molecule has 0 bridgehead atoms.